The van der Waals surface area contributed by atoms with E-state index in [2.05, 4.69) is 34.9 Å². The van der Waals surface area contributed by atoms with E-state index in [1.807, 2.05) is 19.9 Å². The summed E-state index contributed by atoms with van der Waals surface area (Å²) in [5.74, 6) is 0.502. The molecule has 0 radical (unpaired) electrons. The van der Waals surface area contributed by atoms with Gasteiger partial charge < -0.3 is 15.4 Å². The first-order valence-electron chi connectivity index (χ1n) is 9.44. The Morgan fingerprint density at radius 3 is 2.48 bits per heavy atom. The summed E-state index contributed by atoms with van der Waals surface area (Å²) in [5.41, 5.74) is 2.74. The Bertz CT molecular complexity index is 797. The molecule has 0 aromatic heterocycles. The molecule has 0 aliphatic heterocycles. The zero-order valence-electron chi connectivity index (χ0n) is 15.8. The van der Waals surface area contributed by atoms with Crippen LogP contribution in [0.3, 0.4) is 0 Å². The first-order valence-corrected chi connectivity index (χ1v) is 9.44. The Hall–Kier alpha value is -2.82. The highest BCUT2D eigenvalue weighted by molar-refractivity contribution is 5.98. The smallest absolute Gasteiger partial charge is 0.255 e. The SMILES string of the molecule is CCOc1ccccc1C(=O)NCC(=O)NC(c1ccc(C)cc1)C1CC1. The van der Waals surface area contributed by atoms with Crippen molar-refractivity contribution in [2.75, 3.05) is 13.2 Å². The molecule has 0 saturated heterocycles. The van der Waals surface area contributed by atoms with Crippen molar-refractivity contribution in [3.8, 4) is 5.75 Å². The molecule has 1 aliphatic carbocycles. The fraction of sp³-hybridized carbons (Fsp3) is 0.364. The van der Waals surface area contributed by atoms with Crippen LogP contribution in [0.4, 0.5) is 0 Å². The molecule has 1 saturated carbocycles. The van der Waals surface area contributed by atoms with Gasteiger partial charge in [0.2, 0.25) is 5.91 Å². The first-order chi connectivity index (χ1) is 13.1. The number of amides is 2. The number of hydrogen-bond acceptors (Lipinski definition) is 3. The van der Waals surface area contributed by atoms with Crippen molar-refractivity contribution in [2.45, 2.75) is 32.7 Å². The van der Waals surface area contributed by atoms with Gasteiger partial charge in [0, 0.05) is 0 Å². The Balaban J connectivity index is 1.58. The van der Waals surface area contributed by atoms with Crippen molar-refractivity contribution < 1.29 is 14.3 Å². The van der Waals surface area contributed by atoms with Gasteiger partial charge in [-0.2, -0.15) is 0 Å². The normalized spacial score (nSPS) is 14.3. The van der Waals surface area contributed by atoms with Gasteiger partial charge in [-0.05, 0) is 50.3 Å². The first kappa shape index (κ1) is 19.0. The lowest BCUT2D eigenvalue weighted by molar-refractivity contribution is -0.121. The van der Waals surface area contributed by atoms with Gasteiger partial charge >= 0.3 is 0 Å². The monoisotopic (exact) mass is 366 g/mol. The molecule has 142 valence electrons. The molecule has 0 heterocycles. The van der Waals surface area contributed by atoms with Crippen LogP contribution in [0.5, 0.6) is 5.75 Å². The summed E-state index contributed by atoms with van der Waals surface area (Å²) in [5, 5.41) is 5.77. The van der Waals surface area contributed by atoms with Gasteiger partial charge in [0.25, 0.3) is 5.91 Å². The minimum absolute atomic E-state index is 0.00529. The van der Waals surface area contributed by atoms with E-state index in [0.29, 0.717) is 23.8 Å². The van der Waals surface area contributed by atoms with Gasteiger partial charge in [-0.25, -0.2) is 0 Å². The molecule has 0 spiro atoms. The van der Waals surface area contributed by atoms with E-state index in [0.717, 1.165) is 18.4 Å². The number of benzene rings is 2. The summed E-state index contributed by atoms with van der Waals surface area (Å²) in [4.78, 5) is 24.8. The fourth-order valence-corrected chi connectivity index (χ4v) is 3.09. The lowest BCUT2D eigenvalue weighted by Gasteiger charge is -2.19. The minimum Gasteiger partial charge on any atom is -0.493 e. The minimum atomic E-state index is -0.312. The maximum Gasteiger partial charge on any atom is 0.255 e. The van der Waals surface area contributed by atoms with E-state index in [4.69, 9.17) is 4.74 Å². The summed E-state index contributed by atoms with van der Waals surface area (Å²) in [6.45, 7) is 4.33. The largest absolute Gasteiger partial charge is 0.493 e. The molecule has 27 heavy (non-hydrogen) atoms. The van der Waals surface area contributed by atoms with Crippen LogP contribution in [0, 0.1) is 12.8 Å². The third-order valence-electron chi connectivity index (χ3n) is 4.69. The van der Waals surface area contributed by atoms with Crippen LogP contribution in [0.25, 0.3) is 0 Å². The van der Waals surface area contributed by atoms with Gasteiger partial charge in [-0.15, -0.1) is 0 Å². The zero-order chi connectivity index (χ0) is 19.2. The lowest BCUT2D eigenvalue weighted by Crippen LogP contribution is -2.39. The van der Waals surface area contributed by atoms with Crippen LogP contribution >= 0.6 is 0 Å². The number of para-hydroxylation sites is 1. The number of carbonyl (C=O) groups is 2. The number of nitrogens with one attached hydrogen (secondary N) is 2. The molecule has 2 N–H and O–H groups in total. The Kier molecular flexibility index (Phi) is 6.12. The summed E-state index contributed by atoms with van der Waals surface area (Å²) >= 11 is 0. The summed E-state index contributed by atoms with van der Waals surface area (Å²) in [6, 6.07) is 15.3. The molecule has 5 nitrogen and oxygen atoms in total. The van der Waals surface area contributed by atoms with Crippen LogP contribution in [0.2, 0.25) is 0 Å². The second-order valence-corrected chi connectivity index (χ2v) is 6.91. The molecular formula is C22H26N2O3. The standard InChI is InChI=1S/C22H26N2O3/c1-3-27-19-7-5-4-6-18(19)22(26)23-14-20(25)24-21(17-12-13-17)16-10-8-15(2)9-11-16/h4-11,17,21H,3,12-14H2,1-2H3,(H,23,26)(H,24,25). The van der Waals surface area contributed by atoms with E-state index in [1.54, 1.807) is 18.2 Å². The molecule has 1 fully saturated rings. The van der Waals surface area contributed by atoms with Gasteiger partial charge in [0.15, 0.2) is 0 Å². The van der Waals surface area contributed by atoms with Crippen molar-refractivity contribution in [1.29, 1.82) is 0 Å². The molecule has 2 aromatic rings. The Morgan fingerprint density at radius 1 is 1.11 bits per heavy atom. The lowest BCUT2D eigenvalue weighted by atomic mass is 10.0. The Labute approximate surface area is 160 Å². The topological polar surface area (TPSA) is 67.4 Å². The second-order valence-electron chi connectivity index (χ2n) is 6.91. The maximum absolute atomic E-state index is 12.4. The van der Waals surface area contributed by atoms with Crippen LogP contribution in [0.1, 0.15) is 47.3 Å². The molecule has 5 heteroatoms. The van der Waals surface area contributed by atoms with E-state index >= 15 is 0 Å². The van der Waals surface area contributed by atoms with Crippen molar-refractivity contribution in [2.24, 2.45) is 5.92 Å². The van der Waals surface area contributed by atoms with Crippen LogP contribution in [-0.4, -0.2) is 25.0 Å². The second kappa shape index (κ2) is 8.71. The van der Waals surface area contributed by atoms with Crippen LogP contribution in [0.15, 0.2) is 48.5 Å². The van der Waals surface area contributed by atoms with Gasteiger partial charge in [-0.1, -0.05) is 42.0 Å². The summed E-state index contributed by atoms with van der Waals surface area (Å²) < 4.78 is 5.48. The van der Waals surface area contributed by atoms with E-state index in [9.17, 15) is 9.59 Å². The van der Waals surface area contributed by atoms with E-state index in [1.165, 1.54) is 5.56 Å². The number of carbonyl (C=O) groups excluding carboxylic acids is 2. The highest BCUT2D eigenvalue weighted by atomic mass is 16.5. The molecule has 1 aliphatic rings. The van der Waals surface area contributed by atoms with Crippen molar-refractivity contribution in [3.05, 3.63) is 65.2 Å². The molecule has 2 amide bonds. The van der Waals surface area contributed by atoms with Crippen molar-refractivity contribution >= 4 is 11.8 Å². The van der Waals surface area contributed by atoms with E-state index in [-0.39, 0.29) is 24.4 Å². The van der Waals surface area contributed by atoms with Crippen molar-refractivity contribution in [3.63, 3.8) is 0 Å². The number of aryl methyl sites for hydroxylation is 1. The van der Waals surface area contributed by atoms with Crippen LogP contribution < -0.4 is 15.4 Å². The molecule has 1 unspecified atom stereocenters. The molecule has 0 bridgehead atoms. The van der Waals surface area contributed by atoms with Crippen molar-refractivity contribution in [1.82, 2.24) is 10.6 Å². The van der Waals surface area contributed by atoms with Gasteiger partial charge in [0.05, 0.1) is 24.8 Å². The van der Waals surface area contributed by atoms with Gasteiger partial charge in [0.1, 0.15) is 5.75 Å². The zero-order valence-corrected chi connectivity index (χ0v) is 15.8. The fourth-order valence-electron chi connectivity index (χ4n) is 3.09. The summed E-state index contributed by atoms with van der Waals surface area (Å²) in [6.07, 6.45) is 2.24. The van der Waals surface area contributed by atoms with Crippen LogP contribution in [-0.2, 0) is 4.79 Å². The third kappa shape index (κ3) is 5.09. The number of rotatable bonds is 8. The molecule has 2 aromatic carbocycles. The summed E-state index contributed by atoms with van der Waals surface area (Å²) in [7, 11) is 0. The van der Waals surface area contributed by atoms with E-state index < -0.39 is 0 Å². The van der Waals surface area contributed by atoms with Gasteiger partial charge in [-0.3, -0.25) is 9.59 Å². The highest BCUT2D eigenvalue weighted by Gasteiger charge is 2.33. The third-order valence-corrected chi connectivity index (χ3v) is 4.69. The number of ether oxygens (including phenoxy) is 1. The quantitative estimate of drug-likeness (QED) is 0.752. The Morgan fingerprint density at radius 2 is 1.81 bits per heavy atom. The molecular weight excluding hydrogens is 340 g/mol. The molecule has 1 atom stereocenters. The maximum atomic E-state index is 12.4. The average Bonchev–Trinajstić information content (AvgIpc) is 3.51. The predicted octanol–water partition coefficient (Wildman–Crippen LogP) is 3.39. The average molecular weight is 366 g/mol. The highest BCUT2D eigenvalue weighted by Crippen LogP contribution is 2.41. The predicted molar refractivity (Wildman–Crippen MR) is 105 cm³/mol. The molecule has 3 rings (SSSR count). The number of hydrogen-bond donors (Lipinski definition) is 2.